The SMILES string of the molecule is COc1cc2c(cc1OC)C1CCC2C(=O)N1CCc1ccccc1. The maximum atomic E-state index is 13.0. The maximum absolute atomic E-state index is 13.0. The van der Waals surface area contributed by atoms with Crippen molar-refractivity contribution in [2.24, 2.45) is 0 Å². The molecular formula is C21H23NO3. The van der Waals surface area contributed by atoms with Crippen LogP contribution in [-0.2, 0) is 11.2 Å². The molecule has 5 rings (SSSR count). The fraction of sp³-hybridized carbons (Fsp3) is 0.381. The normalized spacial score (nSPS) is 21.2. The minimum Gasteiger partial charge on any atom is -0.493 e. The van der Waals surface area contributed by atoms with E-state index in [1.165, 1.54) is 11.1 Å². The number of carbonyl (C=O) groups excluding carboxylic acids is 1. The number of piperidine rings is 1. The number of hydrogen-bond acceptors (Lipinski definition) is 3. The molecule has 2 heterocycles. The lowest BCUT2D eigenvalue weighted by atomic mass is 9.74. The highest BCUT2D eigenvalue weighted by molar-refractivity contribution is 5.88. The zero-order valence-corrected chi connectivity index (χ0v) is 14.7. The van der Waals surface area contributed by atoms with Crippen LogP contribution in [0.25, 0.3) is 0 Å². The molecule has 2 aromatic carbocycles. The van der Waals surface area contributed by atoms with Crippen molar-refractivity contribution in [1.82, 2.24) is 4.90 Å². The van der Waals surface area contributed by atoms with E-state index >= 15 is 0 Å². The summed E-state index contributed by atoms with van der Waals surface area (Å²) in [7, 11) is 3.29. The van der Waals surface area contributed by atoms with Crippen LogP contribution < -0.4 is 9.47 Å². The molecule has 130 valence electrons. The molecule has 2 aromatic rings. The van der Waals surface area contributed by atoms with Crippen LogP contribution in [0.5, 0.6) is 11.5 Å². The number of benzene rings is 2. The Morgan fingerprint density at radius 1 is 1.00 bits per heavy atom. The van der Waals surface area contributed by atoms with E-state index in [-0.39, 0.29) is 17.9 Å². The highest BCUT2D eigenvalue weighted by Gasteiger charge is 2.44. The van der Waals surface area contributed by atoms with Gasteiger partial charge in [0.25, 0.3) is 0 Å². The minimum absolute atomic E-state index is 0.0458. The largest absolute Gasteiger partial charge is 0.493 e. The fourth-order valence-corrected chi connectivity index (χ4v) is 4.23. The van der Waals surface area contributed by atoms with Crippen LogP contribution in [0.3, 0.4) is 0 Å². The zero-order valence-electron chi connectivity index (χ0n) is 14.7. The second-order valence-corrected chi connectivity index (χ2v) is 6.75. The van der Waals surface area contributed by atoms with E-state index in [9.17, 15) is 4.79 Å². The number of fused-ring (bicyclic) bond motifs is 2. The number of carbonyl (C=O) groups is 1. The van der Waals surface area contributed by atoms with E-state index in [1.807, 2.05) is 24.3 Å². The molecule has 1 fully saturated rings. The Kier molecular flexibility index (Phi) is 4.12. The van der Waals surface area contributed by atoms with Gasteiger partial charge >= 0.3 is 0 Å². The first-order valence-corrected chi connectivity index (χ1v) is 8.83. The minimum atomic E-state index is -0.0458. The van der Waals surface area contributed by atoms with Gasteiger partial charge in [0.1, 0.15) is 0 Å². The predicted octanol–water partition coefficient (Wildman–Crippen LogP) is 3.71. The Morgan fingerprint density at radius 2 is 1.68 bits per heavy atom. The van der Waals surface area contributed by atoms with Crippen LogP contribution in [0, 0.1) is 0 Å². The van der Waals surface area contributed by atoms with Crippen molar-refractivity contribution >= 4 is 5.91 Å². The highest BCUT2D eigenvalue weighted by Crippen LogP contribution is 2.50. The monoisotopic (exact) mass is 337 g/mol. The molecule has 4 nitrogen and oxygen atoms in total. The van der Waals surface area contributed by atoms with E-state index in [0.29, 0.717) is 5.75 Å². The summed E-state index contributed by atoms with van der Waals surface area (Å²) in [5, 5.41) is 0. The fourth-order valence-electron chi connectivity index (χ4n) is 4.23. The second-order valence-electron chi connectivity index (χ2n) is 6.75. The number of methoxy groups -OCH3 is 2. The Labute approximate surface area is 148 Å². The summed E-state index contributed by atoms with van der Waals surface area (Å²) in [4.78, 5) is 15.0. The Bertz CT molecular complexity index is 787. The van der Waals surface area contributed by atoms with E-state index in [1.54, 1.807) is 14.2 Å². The van der Waals surface area contributed by atoms with E-state index in [4.69, 9.17) is 9.47 Å². The standard InChI is InChI=1S/C21H23NO3/c1-24-19-12-16-15-8-9-18(17(16)13-20(19)25-2)22(21(15)23)11-10-14-6-4-3-5-7-14/h3-7,12-13,15,18H,8-11H2,1-2H3. The predicted molar refractivity (Wildman–Crippen MR) is 96.1 cm³/mol. The molecule has 1 aliphatic carbocycles. The van der Waals surface area contributed by atoms with Crippen LogP contribution in [-0.4, -0.2) is 31.6 Å². The smallest absolute Gasteiger partial charge is 0.230 e. The van der Waals surface area contributed by atoms with Crippen LogP contribution in [0.4, 0.5) is 0 Å². The molecule has 0 radical (unpaired) electrons. The zero-order chi connectivity index (χ0) is 17.4. The Morgan fingerprint density at radius 3 is 2.36 bits per heavy atom. The van der Waals surface area contributed by atoms with Crippen molar-refractivity contribution in [3.8, 4) is 11.5 Å². The molecule has 0 spiro atoms. The molecule has 3 aliphatic rings. The summed E-state index contributed by atoms with van der Waals surface area (Å²) in [6.07, 6.45) is 2.83. The Hall–Kier alpha value is -2.49. The van der Waals surface area contributed by atoms with Crippen molar-refractivity contribution in [2.75, 3.05) is 20.8 Å². The van der Waals surface area contributed by atoms with E-state index < -0.39 is 0 Å². The molecule has 1 amide bonds. The number of rotatable bonds is 5. The van der Waals surface area contributed by atoms with Crippen molar-refractivity contribution in [1.29, 1.82) is 0 Å². The number of ether oxygens (including phenoxy) is 2. The molecule has 2 unspecified atom stereocenters. The number of nitrogens with zero attached hydrogens (tertiary/aromatic N) is 1. The summed E-state index contributed by atoms with van der Waals surface area (Å²) >= 11 is 0. The van der Waals surface area contributed by atoms with Gasteiger partial charge in [0, 0.05) is 6.54 Å². The van der Waals surface area contributed by atoms with Crippen LogP contribution in [0.1, 0.15) is 41.5 Å². The molecule has 0 saturated carbocycles. The quantitative estimate of drug-likeness (QED) is 0.835. The number of amides is 1. The van der Waals surface area contributed by atoms with E-state index in [2.05, 4.69) is 23.1 Å². The van der Waals surface area contributed by atoms with Gasteiger partial charge in [0.05, 0.1) is 26.2 Å². The summed E-state index contributed by atoms with van der Waals surface area (Å²) in [5.74, 6) is 1.66. The first kappa shape index (κ1) is 16.0. The molecule has 0 aromatic heterocycles. The summed E-state index contributed by atoms with van der Waals surface area (Å²) < 4.78 is 10.9. The van der Waals surface area contributed by atoms with Gasteiger partial charge in [-0.1, -0.05) is 30.3 Å². The van der Waals surface area contributed by atoms with Crippen molar-refractivity contribution in [3.05, 3.63) is 59.2 Å². The average molecular weight is 337 g/mol. The molecule has 2 atom stereocenters. The van der Waals surface area contributed by atoms with Crippen LogP contribution in [0.2, 0.25) is 0 Å². The van der Waals surface area contributed by atoms with Gasteiger partial charge in [-0.05, 0) is 48.1 Å². The van der Waals surface area contributed by atoms with Gasteiger partial charge in [0.15, 0.2) is 11.5 Å². The lowest BCUT2D eigenvalue weighted by Crippen LogP contribution is -2.47. The second kappa shape index (κ2) is 6.43. The van der Waals surface area contributed by atoms with Gasteiger partial charge < -0.3 is 14.4 Å². The molecule has 4 heteroatoms. The van der Waals surface area contributed by atoms with Crippen LogP contribution >= 0.6 is 0 Å². The first-order chi connectivity index (χ1) is 12.2. The van der Waals surface area contributed by atoms with Gasteiger partial charge in [-0.2, -0.15) is 0 Å². The summed E-state index contributed by atoms with van der Waals surface area (Å²) in [6.45, 7) is 0.762. The third-order valence-corrected chi connectivity index (χ3v) is 5.49. The topological polar surface area (TPSA) is 38.8 Å². The lowest BCUT2D eigenvalue weighted by molar-refractivity contribution is -0.140. The van der Waals surface area contributed by atoms with Gasteiger partial charge in [-0.15, -0.1) is 0 Å². The van der Waals surface area contributed by atoms with Gasteiger partial charge in [0.2, 0.25) is 5.91 Å². The summed E-state index contributed by atoms with van der Waals surface area (Å²) in [6, 6.07) is 14.6. The summed E-state index contributed by atoms with van der Waals surface area (Å²) in [5.41, 5.74) is 3.61. The first-order valence-electron chi connectivity index (χ1n) is 8.83. The van der Waals surface area contributed by atoms with Crippen molar-refractivity contribution < 1.29 is 14.3 Å². The van der Waals surface area contributed by atoms with Gasteiger partial charge in [-0.3, -0.25) is 4.79 Å². The third kappa shape index (κ3) is 2.66. The highest BCUT2D eigenvalue weighted by atomic mass is 16.5. The van der Waals surface area contributed by atoms with Crippen LogP contribution in [0.15, 0.2) is 42.5 Å². The van der Waals surface area contributed by atoms with Crippen molar-refractivity contribution in [3.63, 3.8) is 0 Å². The number of hydrogen-bond donors (Lipinski definition) is 0. The molecule has 25 heavy (non-hydrogen) atoms. The van der Waals surface area contributed by atoms with E-state index in [0.717, 1.165) is 37.1 Å². The maximum Gasteiger partial charge on any atom is 0.230 e. The molecule has 2 aliphatic heterocycles. The molecular weight excluding hydrogens is 314 g/mol. The third-order valence-electron chi connectivity index (χ3n) is 5.49. The Balaban J connectivity index is 1.64. The molecule has 0 N–H and O–H groups in total. The van der Waals surface area contributed by atoms with Crippen molar-refractivity contribution in [2.45, 2.75) is 31.2 Å². The lowest BCUT2D eigenvalue weighted by Gasteiger charge is -2.46. The molecule has 1 saturated heterocycles. The van der Waals surface area contributed by atoms with Gasteiger partial charge in [-0.25, -0.2) is 0 Å². The average Bonchev–Trinajstić information content (AvgIpc) is 2.67. The molecule has 2 bridgehead atoms.